The van der Waals surface area contributed by atoms with Crippen LogP contribution in [0.2, 0.25) is 0 Å². The molecular weight excluding hydrogens is 404 g/mol. The number of aryl methyl sites for hydroxylation is 2. The Kier molecular flexibility index (Phi) is 6.18. The molecule has 1 atom stereocenters. The van der Waals surface area contributed by atoms with Crippen molar-refractivity contribution in [2.45, 2.75) is 31.2 Å². The zero-order valence-corrected chi connectivity index (χ0v) is 18.6. The Morgan fingerprint density at radius 3 is 2.35 bits per heavy atom. The summed E-state index contributed by atoms with van der Waals surface area (Å²) >= 11 is 1.39. The number of hydrogen-bond acceptors (Lipinski definition) is 4. The number of benzene rings is 3. The summed E-state index contributed by atoms with van der Waals surface area (Å²) in [6.45, 7) is 5.94. The molecule has 0 fully saturated rings. The summed E-state index contributed by atoms with van der Waals surface area (Å²) in [6.07, 6.45) is 0. The van der Waals surface area contributed by atoms with Gasteiger partial charge in [-0.25, -0.2) is 0 Å². The summed E-state index contributed by atoms with van der Waals surface area (Å²) in [6, 6.07) is 26.0. The van der Waals surface area contributed by atoms with Crippen LogP contribution in [-0.2, 0) is 4.79 Å². The van der Waals surface area contributed by atoms with Crippen molar-refractivity contribution in [1.29, 1.82) is 0 Å². The maximum Gasteiger partial charge on any atom is 0.237 e. The third kappa shape index (κ3) is 4.86. The molecule has 0 saturated heterocycles. The van der Waals surface area contributed by atoms with E-state index in [1.54, 1.807) is 0 Å². The van der Waals surface area contributed by atoms with Crippen molar-refractivity contribution in [2.24, 2.45) is 0 Å². The molecule has 156 valence electrons. The van der Waals surface area contributed by atoms with Gasteiger partial charge in [0.15, 0.2) is 11.0 Å². The van der Waals surface area contributed by atoms with Gasteiger partial charge in [-0.05, 0) is 50.6 Å². The summed E-state index contributed by atoms with van der Waals surface area (Å²) in [5.74, 6) is 0.676. The number of aromatic nitrogens is 3. The molecular formula is C25H24N4OS. The first-order valence-electron chi connectivity index (χ1n) is 10.1. The van der Waals surface area contributed by atoms with Crippen LogP contribution in [0.25, 0.3) is 17.1 Å². The van der Waals surface area contributed by atoms with Crippen LogP contribution in [0.4, 0.5) is 5.69 Å². The molecule has 4 rings (SSSR count). The average molecular weight is 429 g/mol. The van der Waals surface area contributed by atoms with Gasteiger partial charge in [-0.2, -0.15) is 0 Å². The molecule has 6 heteroatoms. The molecule has 0 aliphatic heterocycles. The molecule has 5 nitrogen and oxygen atoms in total. The minimum absolute atomic E-state index is 0.0740. The van der Waals surface area contributed by atoms with Crippen LogP contribution in [0, 0.1) is 13.8 Å². The molecule has 31 heavy (non-hydrogen) atoms. The first-order valence-corrected chi connectivity index (χ1v) is 11.0. The van der Waals surface area contributed by atoms with Gasteiger partial charge in [0.2, 0.25) is 5.91 Å². The highest BCUT2D eigenvalue weighted by molar-refractivity contribution is 8.00. The molecule has 0 saturated carbocycles. The summed E-state index contributed by atoms with van der Waals surface area (Å²) in [5.41, 5.74) is 5.01. The van der Waals surface area contributed by atoms with Crippen molar-refractivity contribution in [3.8, 4) is 17.1 Å². The van der Waals surface area contributed by atoms with Crippen molar-refractivity contribution in [3.63, 3.8) is 0 Å². The smallest absolute Gasteiger partial charge is 0.237 e. The monoisotopic (exact) mass is 428 g/mol. The second kappa shape index (κ2) is 9.18. The summed E-state index contributed by atoms with van der Waals surface area (Å²) < 4.78 is 2.01. The van der Waals surface area contributed by atoms with Gasteiger partial charge < -0.3 is 5.32 Å². The van der Waals surface area contributed by atoms with Crippen LogP contribution in [-0.4, -0.2) is 25.9 Å². The molecule has 0 aliphatic carbocycles. The lowest BCUT2D eigenvalue weighted by Crippen LogP contribution is -2.23. The van der Waals surface area contributed by atoms with E-state index in [0.717, 1.165) is 28.3 Å². The lowest BCUT2D eigenvalue weighted by molar-refractivity contribution is -0.115. The number of hydrogen-bond donors (Lipinski definition) is 1. The largest absolute Gasteiger partial charge is 0.325 e. The Balaban J connectivity index is 1.63. The topological polar surface area (TPSA) is 59.8 Å². The van der Waals surface area contributed by atoms with Gasteiger partial charge in [0, 0.05) is 16.9 Å². The Morgan fingerprint density at radius 2 is 1.65 bits per heavy atom. The molecule has 0 radical (unpaired) electrons. The maximum absolute atomic E-state index is 12.8. The van der Waals surface area contributed by atoms with Crippen LogP contribution in [0.1, 0.15) is 18.1 Å². The predicted octanol–water partition coefficient (Wildman–Crippen LogP) is 5.67. The zero-order chi connectivity index (χ0) is 21.8. The quantitative estimate of drug-likeness (QED) is 0.402. The van der Waals surface area contributed by atoms with Crippen LogP contribution in [0.15, 0.2) is 84.0 Å². The fourth-order valence-electron chi connectivity index (χ4n) is 3.22. The first-order chi connectivity index (χ1) is 15.0. The number of amides is 1. The van der Waals surface area contributed by atoms with E-state index in [1.807, 2.05) is 85.1 Å². The highest BCUT2D eigenvalue weighted by Crippen LogP contribution is 2.30. The Bertz CT molecular complexity index is 1190. The number of carbonyl (C=O) groups excluding carboxylic acids is 1. The molecule has 3 aromatic carbocycles. The number of para-hydroxylation sites is 1. The molecule has 1 N–H and O–H groups in total. The summed E-state index contributed by atoms with van der Waals surface area (Å²) in [7, 11) is 0. The summed E-state index contributed by atoms with van der Waals surface area (Å²) in [5, 5.41) is 12.2. The van der Waals surface area contributed by atoms with Gasteiger partial charge >= 0.3 is 0 Å². The van der Waals surface area contributed by atoms with Gasteiger partial charge in [-0.15, -0.1) is 10.2 Å². The number of carbonyl (C=O) groups is 1. The standard InChI is InChI=1S/C25H24N4OS/c1-17-12-14-20(15-13-17)23-27-28-25(29(23)22-10-5-4-6-11-22)31-19(3)24(30)26-21-9-7-8-18(2)16-21/h4-16,19H,1-3H3,(H,26,30)/t19-/m1/s1. The number of nitrogens with zero attached hydrogens (tertiary/aromatic N) is 3. The number of nitrogens with one attached hydrogen (secondary N) is 1. The van der Waals surface area contributed by atoms with Gasteiger partial charge in [-0.3, -0.25) is 9.36 Å². The van der Waals surface area contributed by atoms with Crippen molar-refractivity contribution in [1.82, 2.24) is 14.8 Å². The second-order valence-corrected chi connectivity index (χ2v) is 8.77. The average Bonchev–Trinajstić information content (AvgIpc) is 3.18. The predicted molar refractivity (Wildman–Crippen MR) is 127 cm³/mol. The molecule has 1 amide bonds. The Labute approximate surface area is 186 Å². The minimum atomic E-state index is -0.349. The molecule has 1 heterocycles. The number of thioether (sulfide) groups is 1. The fraction of sp³-hybridized carbons (Fsp3) is 0.160. The van der Waals surface area contributed by atoms with E-state index >= 15 is 0 Å². The highest BCUT2D eigenvalue weighted by Gasteiger charge is 2.22. The van der Waals surface area contributed by atoms with E-state index in [0.29, 0.717) is 5.16 Å². The van der Waals surface area contributed by atoms with E-state index in [9.17, 15) is 4.79 Å². The van der Waals surface area contributed by atoms with E-state index in [-0.39, 0.29) is 11.2 Å². The van der Waals surface area contributed by atoms with Gasteiger partial charge in [-0.1, -0.05) is 71.9 Å². The summed E-state index contributed by atoms with van der Waals surface area (Å²) in [4.78, 5) is 12.8. The minimum Gasteiger partial charge on any atom is -0.325 e. The van der Waals surface area contributed by atoms with E-state index in [1.165, 1.54) is 17.3 Å². The van der Waals surface area contributed by atoms with Gasteiger partial charge in [0.1, 0.15) is 0 Å². The number of rotatable bonds is 6. The lowest BCUT2D eigenvalue weighted by Gasteiger charge is -2.14. The van der Waals surface area contributed by atoms with Gasteiger partial charge in [0.05, 0.1) is 5.25 Å². The third-order valence-corrected chi connectivity index (χ3v) is 5.94. The molecule has 0 unspecified atom stereocenters. The molecule has 0 spiro atoms. The van der Waals surface area contributed by atoms with Crippen LogP contribution < -0.4 is 5.32 Å². The van der Waals surface area contributed by atoms with Crippen LogP contribution in [0.3, 0.4) is 0 Å². The van der Waals surface area contributed by atoms with E-state index in [2.05, 4.69) is 34.6 Å². The van der Waals surface area contributed by atoms with Crippen LogP contribution >= 0.6 is 11.8 Å². The molecule has 0 aliphatic rings. The van der Waals surface area contributed by atoms with Crippen molar-refractivity contribution in [2.75, 3.05) is 5.32 Å². The lowest BCUT2D eigenvalue weighted by atomic mass is 10.1. The Hall–Kier alpha value is -3.38. The third-order valence-electron chi connectivity index (χ3n) is 4.89. The Morgan fingerprint density at radius 1 is 0.903 bits per heavy atom. The highest BCUT2D eigenvalue weighted by atomic mass is 32.2. The van der Waals surface area contributed by atoms with E-state index in [4.69, 9.17) is 0 Å². The molecule has 0 bridgehead atoms. The first kappa shape index (κ1) is 20.9. The van der Waals surface area contributed by atoms with Crippen molar-refractivity contribution >= 4 is 23.4 Å². The number of anilines is 1. The van der Waals surface area contributed by atoms with Crippen molar-refractivity contribution in [3.05, 3.63) is 90.0 Å². The normalized spacial score (nSPS) is 11.8. The van der Waals surface area contributed by atoms with Gasteiger partial charge in [0.25, 0.3) is 0 Å². The SMILES string of the molecule is Cc1ccc(-c2nnc(S[C@H](C)C(=O)Nc3cccc(C)c3)n2-c2ccccc2)cc1. The van der Waals surface area contributed by atoms with Crippen molar-refractivity contribution < 1.29 is 4.79 Å². The van der Waals surface area contributed by atoms with Crippen LogP contribution in [0.5, 0.6) is 0 Å². The fourth-order valence-corrected chi connectivity index (χ4v) is 4.09. The maximum atomic E-state index is 12.8. The second-order valence-electron chi connectivity index (χ2n) is 7.46. The molecule has 4 aromatic rings. The van der Waals surface area contributed by atoms with E-state index < -0.39 is 0 Å². The zero-order valence-electron chi connectivity index (χ0n) is 17.7. The molecule has 1 aromatic heterocycles.